The Bertz CT molecular complexity index is 387. The van der Waals surface area contributed by atoms with Crippen LogP contribution in [0.15, 0.2) is 24.5 Å². The molecule has 1 heterocycles. The van der Waals surface area contributed by atoms with Crippen molar-refractivity contribution in [2.24, 2.45) is 5.92 Å². The first-order valence-corrected chi connectivity index (χ1v) is 5.92. The number of likely N-dealkylation sites (N-methyl/N-ethyl adjacent to an activating group) is 1. The number of rotatable bonds is 5. The normalized spacial score (nSPS) is 14.6. The number of aromatic nitrogens is 1. The number of halogens is 6. The molecule has 0 aliphatic carbocycles. The molecule has 1 aromatic heterocycles. The summed E-state index contributed by atoms with van der Waals surface area (Å²) in [7, 11) is 0. The summed E-state index contributed by atoms with van der Waals surface area (Å²) >= 11 is 0. The molecule has 0 radical (unpaired) electrons. The van der Waals surface area contributed by atoms with E-state index in [1.807, 2.05) is 0 Å². The van der Waals surface area contributed by atoms with Crippen molar-refractivity contribution >= 4 is 0 Å². The standard InChI is InChI=1S/C12H14F6N2/c1-2-20-9(6-8-4-3-5-19-7-8)10(11(13,14)15)12(16,17)18/h3-5,7,9-10,20H,2,6H2,1H3. The zero-order chi connectivity index (χ0) is 15.4. The van der Waals surface area contributed by atoms with E-state index in [-0.39, 0.29) is 6.54 Å². The average Bonchev–Trinajstić information content (AvgIpc) is 2.26. The smallest absolute Gasteiger partial charge is 0.313 e. The maximum Gasteiger partial charge on any atom is 0.402 e. The van der Waals surface area contributed by atoms with Crippen molar-refractivity contribution in [3.8, 4) is 0 Å². The molecule has 0 bridgehead atoms. The summed E-state index contributed by atoms with van der Waals surface area (Å²) in [6, 6.07) is 1.14. The Labute approximate surface area is 112 Å². The van der Waals surface area contributed by atoms with Gasteiger partial charge in [-0.15, -0.1) is 0 Å². The van der Waals surface area contributed by atoms with Gasteiger partial charge in [-0.25, -0.2) is 0 Å². The summed E-state index contributed by atoms with van der Waals surface area (Å²) < 4.78 is 76.3. The fourth-order valence-corrected chi connectivity index (χ4v) is 1.98. The Morgan fingerprint density at radius 2 is 1.75 bits per heavy atom. The third kappa shape index (κ3) is 4.66. The van der Waals surface area contributed by atoms with Gasteiger partial charge in [0.2, 0.25) is 0 Å². The molecule has 0 amide bonds. The van der Waals surface area contributed by atoms with Crippen molar-refractivity contribution in [2.45, 2.75) is 31.7 Å². The van der Waals surface area contributed by atoms with Crippen LogP contribution in [-0.2, 0) is 6.42 Å². The van der Waals surface area contributed by atoms with Crippen LogP contribution < -0.4 is 5.32 Å². The van der Waals surface area contributed by atoms with Gasteiger partial charge in [0, 0.05) is 18.4 Å². The summed E-state index contributed by atoms with van der Waals surface area (Å²) in [5, 5.41) is 2.28. The minimum absolute atomic E-state index is 0.00753. The minimum atomic E-state index is -5.35. The zero-order valence-electron chi connectivity index (χ0n) is 10.6. The van der Waals surface area contributed by atoms with E-state index in [0.717, 1.165) is 0 Å². The Balaban J connectivity index is 3.03. The second-order valence-corrected chi connectivity index (χ2v) is 4.29. The number of pyridine rings is 1. The molecule has 0 aliphatic rings. The molecule has 1 atom stereocenters. The van der Waals surface area contributed by atoms with Crippen LogP contribution in [0.1, 0.15) is 12.5 Å². The molecule has 20 heavy (non-hydrogen) atoms. The van der Waals surface area contributed by atoms with Gasteiger partial charge in [0.15, 0.2) is 5.92 Å². The van der Waals surface area contributed by atoms with Gasteiger partial charge in [-0.3, -0.25) is 4.98 Å². The van der Waals surface area contributed by atoms with Crippen LogP contribution in [0.25, 0.3) is 0 Å². The quantitative estimate of drug-likeness (QED) is 0.844. The fraction of sp³-hybridized carbons (Fsp3) is 0.583. The Kier molecular flexibility index (Phi) is 5.38. The second-order valence-electron chi connectivity index (χ2n) is 4.29. The molecule has 1 N–H and O–H groups in total. The fourth-order valence-electron chi connectivity index (χ4n) is 1.98. The van der Waals surface area contributed by atoms with Crippen molar-refractivity contribution in [3.05, 3.63) is 30.1 Å². The van der Waals surface area contributed by atoms with Crippen molar-refractivity contribution in [1.29, 1.82) is 0 Å². The highest BCUT2D eigenvalue weighted by Crippen LogP contribution is 2.42. The van der Waals surface area contributed by atoms with E-state index >= 15 is 0 Å². The van der Waals surface area contributed by atoms with Gasteiger partial charge in [0.25, 0.3) is 0 Å². The highest BCUT2D eigenvalue weighted by atomic mass is 19.4. The first kappa shape index (κ1) is 16.7. The van der Waals surface area contributed by atoms with Gasteiger partial charge < -0.3 is 5.32 Å². The monoisotopic (exact) mass is 300 g/mol. The first-order valence-electron chi connectivity index (χ1n) is 5.92. The van der Waals surface area contributed by atoms with Gasteiger partial charge in [0.05, 0.1) is 0 Å². The molecular formula is C12H14F6N2. The molecule has 1 unspecified atom stereocenters. The Morgan fingerprint density at radius 3 is 2.15 bits per heavy atom. The molecule has 0 spiro atoms. The minimum Gasteiger partial charge on any atom is -0.313 e. The third-order valence-corrected chi connectivity index (χ3v) is 2.75. The zero-order valence-corrected chi connectivity index (χ0v) is 10.6. The van der Waals surface area contributed by atoms with Crippen LogP contribution in [0.5, 0.6) is 0 Å². The van der Waals surface area contributed by atoms with Crippen LogP contribution >= 0.6 is 0 Å². The summed E-state index contributed by atoms with van der Waals surface area (Å²) in [5.41, 5.74) is 0.317. The van der Waals surface area contributed by atoms with Crippen LogP contribution in [0.4, 0.5) is 26.3 Å². The van der Waals surface area contributed by atoms with Crippen LogP contribution in [-0.4, -0.2) is 29.9 Å². The van der Waals surface area contributed by atoms with E-state index in [4.69, 9.17) is 0 Å². The topological polar surface area (TPSA) is 24.9 Å². The molecule has 8 heteroatoms. The van der Waals surface area contributed by atoms with Crippen LogP contribution in [0.2, 0.25) is 0 Å². The van der Waals surface area contributed by atoms with Crippen LogP contribution in [0, 0.1) is 5.92 Å². The summed E-state index contributed by atoms with van der Waals surface area (Å²) in [4.78, 5) is 3.69. The lowest BCUT2D eigenvalue weighted by molar-refractivity contribution is -0.291. The molecule has 2 nitrogen and oxygen atoms in total. The first-order chi connectivity index (χ1) is 9.16. The van der Waals surface area contributed by atoms with Gasteiger partial charge in [0.1, 0.15) is 0 Å². The number of nitrogens with one attached hydrogen (secondary N) is 1. The molecule has 0 fully saturated rings. The van der Waals surface area contributed by atoms with E-state index in [1.54, 1.807) is 0 Å². The molecule has 1 rings (SSSR count). The molecule has 0 aromatic carbocycles. The van der Waals surface area contributed by atoms with E-state index in [9.17, 15) is 26.3 Å². The van der Waals surface area contributed by atoms with Crippen LogP contribution in [0.3, 0.4) is 0 Å². The second kappa shape index (κ2) is 6.43. The van der Waals surface area contributed by atoms with Crippen molar-refractivity contribution < 1.29 is 26.3 Å². The van der Waals surface area contributed by atoms with E-state index < -0.39 is 30.7 Å². The van der Waals surface area contributed by atoms with Gasteiger partial charge >= 0.3 is 12.4 Å². The third-order valence-electron chi connectivity index (χ3n) is 2.75. The summed E-state index contributed by atoms with van der Waals surface area (Å²) in [6.45, 7) is 1.47. The lowest BCUT2D eigenvalue weighted by Crippen LogP contribution is -2.52. The summed E-state index contributed by atoms with van der Waals surface area (Å²) in [6.07, 6.45) is -8.45. The maximum atomic E-state index is 12.7. The average molecular weight is 300 g/mol. The molecular weight excluding hydrogens is 286 g/mol. The van der Waals surface area contributed by atoms with Crippen molar-refractivity contribution in [1.82, 2.24) is 10.3 Å². The molecule has 1 aromatic rings. The Morgan fingerprint density at radius 1 is 1.15 bits per heavy atom. The van der Waals surface area contributed by atoms with E-state index in [0.29, 0.717) is 5.56 Å². The van der Waals surface area contributed by atoms with E-state index in [1.165, 1.54) is 31.5 Å². The van der Waals surface area contributed by atoms with E-state index in [2.05, 4.69) is 10.3 Å². The lowest BCUT2D eigenvalue weighted by atomic mass is 9.92. The SMILES string of the molecule is CCNC(Cc1cccnc1)C(C(F)(F)F)C(F)(F)F. The number of hydrogen-bond donors (Lipinski definition) is 1. The predicted molar refractivity (Wildman–Crippen MR) is 61.0 cm³/mol. The number of nitrogens with zero attached hydrogens (tertiary/aromatic N) is 1. The van der Waals surface area contributed by atoms with Gasteiger partial charge in [-0.1, -0.05) is 13.0 Å². The Hall–Kier alpha value is -1.31. The lowest BCUT2D eigenvalue weighted by Gasteiger charge is -2.31. The van der Waals surface area contributed by atoms with Gasteiger partial charge in [-0.2, -0.15) is 26.3 Å². The maximum absolute atomic E-state index is 12.7. The molecule has 0 saturated heterocycles. The highest BCUT2D eigenvalue weighted by molar-refractivity contribution is 5.11. The predicted octanol–water partition coefficient (Wildman–Crippen LogP) is 3.34. The molecule has 0 saturated carbocycles. The number of hydrogen-bond acceptors (Lipinski definition) is 2. The number of alkyl halides is 6. The van der Waals surface area contributed by atoms with Crippen molar-refractivity contribution in [3.63, 3.8) is 0 Å². The van der Waals surface area contributed by atoms with Crippen molar-refractivity contribution in [2.75, 3.05) is 6.54 Å². The van der Waals surface area contributed by atoms with Gasteiger partial charge in [-0.05, 0) is 24.6 Å². The largest absolute Gasteiger partial charge is 0.402 e. The summed E-state index contributed by atoms with van der Waals surface area (Å²) in [5.74, 6) is -3.41. The highest BCUT2D eigenvalue weighted by Gasteiger charge is 2.59. The molecule has 0 aliphatic heterocycles. The molecule has 114 valence electrons.